The third-order valence-electron chi connectivity index (χ3n) is 3.17. The number of nitrogens with two attached hydrogens (primary N) is 1. The lowest BCUT2D eigenvalue weighted by Crippen LogP contribution is -2.32. The molecule has 0 aliphatic carbocycles. The van der Waals surface area contributed by atoms with Gasteiger partial charge in [0.15, 0.2) is 11.5 Å². The molecule has 2 atom stereocenters. The Kier molecular flexibility index (Phi) is 6.71. The van der Waals surface area contributed by atoms with Gasteiger partial charge in [-0.25, -0.2) is 9.97 Å². The number of nitrogen functional groups attached to an aromatic ring is 1. The largest absolute Gasteiger partial charge is 0.382 e. The molecule has 0 saturated heterocycles. The lowest BCUT2D eigenvalue weighted by Gasteiger charge is -2.11. The number of nitro groups is 1. The highest BCUT2D eigenvalue weighted by atomic mass is 16.6. The molecule has 10 heteroatoms. The Labute approximate surface area is 132 Å². The van der Waals surface area contributed by atoms with Crippen LogP contribution in [-0.4, -0.2) is 39.4 Å². The van der Waals surface area contributed by atoms with Crippen LogP contribution in [0.25, 0.3) is 0 Å². The van der Waals surface area contributed by atoms with Gasteiger partial charge in [0.05, 0.1) is 0 Å². The van der Waals surface area contributed by atoms with Crippen molar-refractivity contribution in [1.82, 2.24) is 15.3 Å². The number of hydrogen-bond donors (Lipinski definition) is 2. The quantitative estimate of drug-likeness (QED) is 0.312. The third kappa shape index (κ3) is 5.09. The van der Waals surface area contributed by atoms with Crippen molar-refractivity contribution in [3.8, 4) is 0 Å². The minimum Gasteiger partial charge on any atom is -0.382 e. The van der Waals surface area contributed by atoms with Crippen LogP contribution in [0.1, 0.15) is 30.8 Å². The highest BCUT2D eigenvalue weighted by Crippen LogP contribution is 2.11. The molecule has 0 radical (unpaired) electrons. The molecule has 124 valence electrons. The number of nitrogens with one attached hydrogen (secondary N) is 1. The van der Waals surface area contributed by atoms with Crippen molar-refractivity contribution in [1.29, 1.82) is 0 Å². The van der Waals surface area contributed by atoms with E-state index in [9.17, 15) is 19.8 Å². The molecule has 1 rings (SSSR count). The van der Waals surface area contributed by atoms with Gasteiger partial charge in [0.1, 0.15) is 6.04 Å². The molecule has 0 spiro atoms. The normalized spacial score (nSPS) is 13.9. The van der Waals surface area contributed by atoms with Crippen LogP contribution in [0.15, 0.2) is 29.2 Å². The summed E-state index contributed by atoms with van der Waals surface area (Å²) >= 11 is 0. The predicted molar refractivity (Wildman–Crippen MR) is 83.2 cm³/mol. The first-order chi connectivity index (χ1) is 10.9. The maximum absolute atomic E-state index is 11.9. The van der Waals surface area contributed by atoms with Crippen molar-refractivity contribution < 1.29 is 9.72 Å². The van der Waals surface area contributed by atoms with Crippen LogP contribution in [-0.2, 0) is 0 Å². The van der Waals surface area contributed by atoms with E-state index >= 15 is 0 Å². The Morgan fingerprint density at radius 2 is 2.17 bits per heavy atom. The van der Waals surface area contributed by atoms with E-state index in [0.717, 1.165) is 0 Å². The summed E-state index contributed by atoms with van der Waals surface area (Å²) in [5.41, 5.74) is 5.88. The summed E-state index contributed by atoms with van der Waals surface area (Å²) in [6.07, 6.45) is 4.33. The zero-order chi connectivity index (χ0) is 17.4. The number of carbonyl (C=O) groups is 1. The van der Waals surface area contributed by atoms with Gasteiger partial charge in [0.2, 0.25) is 6.04 Å². The smallest absolute Gasteiger partial charge is 0.273 e. The Bertz CT molecular complexity index is 618. The Hall–Kier alpha value is -2.91. The molecule has 1 aromatic heterocycles. The molecule has 0 bridgehead atoms. The Morgan fingerprint density at radius 3 is 2.70 bits per heavy atom. The van der Waals surface area contributed by atoms with Crippen LogP contribution in [0.4, 0.5) is 5.82 Å². The van der Waals surface area contributed by atoms with Crippen LogP contribution >= 0.6 is 0 Å². The fourth-order valence-electron chi connectivity index (χ4n) is 1.98. The van der Waals surface area contributed by atoms with E-state index in [1.54, 1.807) is 13.8 Å². The summed E-state index contributed by atoms with van der Waals surface area (Å²) in [7, 11) is 0. The number of amides is 1. The van der Waals surface area contributed by atoms with Crippen LogP contribution in [0.2, 0.25) is 0 Å². The first-order valence-corrected chi connectivity index (χ1v) is 6.89. The first kappa shape index (κ1) is 18.1. The molecular formula is C13H18N6O4. The summed E-state index contributed by atoms with van der Waals surface area (Å²) in [5, 5.41) is 16.2. The van der Waals surface area contributed by atoms with Crippen LogP contribution in [0.5, 0.6) is 0 Å². The SMILES string of the molecule is CCC(C(C)=CC(CNC(=O)c1nccnc1N)N=O)[N+](=O)[O-]. The van der Waals surface area contributed by atoms with Gasteiger partial charge in [-0.15, -0.1) is 0 Å². The molecule has 0 aliphatic rings. The summed E-state index contributed by atoms with van der Waals surface area (Å²) in [5.74, 6) is -0.636. The fourth-order valence-corrected chi connectivity index (χ4v) is 1.98. The van der Waals surface area contributed by atoms with E-state index in [4.69, 9.17) is 5.73 Å². The predicted octanol–water partition coefficient (Wildman–Crippen LogP) is 0.925. The average Bonchev–Trinajstić information content (AvgIpc) is 2.51. The number of nitroso groups, excluding NO2 is 1. The van der Waals surface area contributed by atoms with Gasteiger partial charge in [-0.05, 0) is 18.6 Å². The zero-order valence-corrected chi connectivity index (χ0v) is 12.8. The molecule has 1 heterocycles. The van der Waals surface area contributed by atoms with Gasteiger partial charge in [0, 0.05) is 30.3 Å². The third-order valence-corrected chi connectivity index (χ3v) is 3.17. The highest BCUT2D eigenvalue weighted by molar-refractivity contribution is 5.96. The number of carbonyl (C=O) groups excluding carboxylic acids is 1. The molecule has 0 saturated carbocycles. The molecule has 1 aromatic rings. The van der Waals surface area contributed by atoms with Crippen LogP contribution in [0.3, 0.4) is 0 Å². The molecule has 0 aromatic carbocycles. The standard InChI is InChI=1S/C13H18N6O4/c1-3-10(19(22)23)8(2)6-9(18-21)7-17-13(20)11-12(14)16-5-4-15-11/h4-6,9-10H,3,7H2,1-2H3,(H2,14,16)(H,17,20). The van der Waals surface area contributed by atoms with Crippen molar-refractivity contribution in [2.45, 2.75) is 32.4 Å². The van der Waals surface area contributed by atoms with E-state index in [-0.39, 0.29) is 18.1 Å². The van der Waals surface area contributed by atoms with Gasteiger partial charge in [0.25, 0.3) is 5.91 Å². The first-order valence-electron chi connectivity index (χ1n) is 6.89. The highest BCUT2D eigenvalue weighted by Gasteiger charge is 2.21. The summed E-state index contributed by atoms with van der Waals surface area (Å²) in [6, 6.07) is -1.81. The van der Waals surface area contributed by atoms with Crippen molar-refractivity contribution in [2.24, 2.45) is 5.18 Å². The lowest BCUT2D eigenvalue weighted by molar-refractivity contribution is -0.512. The minimum atomic E-state index is -0.925. The second-order valence-corrected chi connectivity index (χ2v) is 4.79. The second kappa shape index (κ2) is 8.51. The van der Waals surface area contributed by atoms with E-state index in [1.165, 1.54) is 18.5 Å². The average molecular weight is 322 g/mol. The van der Waals surface area contributed by atoms with Crippen molar-refractivity contribution in [3.05, 3.63) is 44.8 Å². The molecule has 3 N–H and O–H groups in total. The van der Waals surface area contributed by atoms with Gasteiger partial charge in [-0.3, -0.25) is 14.9 Å². The number of anilines is 1. The molecule has 23 heavy (non-hydrogen) atoms. The lowest BCUT2D eigenvalue weighted by atomic mass is 10.0. The van der Waals surface area contributed by atoms with E-state index < -0.39 is 22.9 Å². The van der Waals surface area contributed by atoms with Crippen molar-refractivity contribution in [2.75, 3.05) is 12.3 Å². The number of rotatable bonds is 8. The number of nitrogens with zero attached hydrogens (tertiary/aromatic N) is 4. The molecule has 1 amide bonds. The summed E-state index contributed by atoms with van der Waals surface area (Å²) in [6.45, 7) is 3.11. The van der Waals surface area contributed by atoms with Crippen molar-refractivity contribution in [3.63, 3.8) is 0 Å². The van der Waals surface area contributed by atoms with Crippen LogP contribution in [0, 0.1) is 15.0 Å². The Balaban J connectivity index is 2.74. The zero-order valence-electron chi connectivity index (χ0n) is 12.8. The van der Waals surface area contributed by atoms with Gasteiger partial charge < -0.3 is 11.1 Å². The van der Waals surface area contributed by atoms with Gasteiger partial charge in [-0.1, -0.05) is 12.1 Å². The topological polar surface area (TPSA) is 153 Å². The van der Waals surface area contributed by atoms with Crippen LogP contribution < -0.4 is 11.1 Å². The molecule has 10 nitrogen and oxygen atoms in total. The summed E-state index contributed by atoms with van der Waals surface area (Å²) < 4.78 is 0. The minimum absolute atomic E-state index is 0.0354. The second-order valence-electron chi connectivity index (χ2n) is 4.79. The van der Waals surface area contributed by atoms with Gasteiger partial charge >= 0.3 is 0 Å². The molecule has 2 unspecified atom stereocenters. The fraction of sp³-hybridized carbons (Fsp3) is 0.462. The van der Waals surface area contributed by atoms with E-state index in [1.807, 2.05) is 0 Å². The molecule has 0 aliphatic heterocycles. The van der Waals surface area contributed by atoms with E-state index in [0.29, 0.717) is 12.0 Å². The number of aromatic nitrogens is 2. The maximum atomic E-state index is 11.9. The van der Waals surface area contributed by atoms with Crippen molar-refractivity contribution >= 4 is 11.7 Å². The maximum Gasteiger partial charge on any atom is 0.273 e. The molecular weight excluding hydrogens is 304 g/mol. The summed E-state index contributed by atoms with van der Waals surface area (Å²) in [4.78, 5) is 40.8. The monoisotopic (exact) mass is 322 g/mol. The Morgan fingerprint density at radius 1 is 1.52 bits per heavy atom. The number of hydrogen-bond acceptors (Lipinski definition) is 8. The van der Waals surface area contributed by atoms with Gasteiger partial charge in [-0.2, -0.15) is 4.91 Å². The molecule has 0 fully saturated rings. The van der Waals surface area contributed by atoms with E-state index in [2.05, 4.69) is 20.5 Å².